The van der Waals surface area contributed by atoms with Gasteiger partial charge in [-0.15, -0.1) is 0 Å². The molecular weight excluding hydrogens is 511 g/mol. The van der Waals surface area contributed by atoms with E-state index in [4.69, 9.17) is 23.2 Å². The molecule has 2 N–H and O–H groups in total. The van der Waals surface area contributed by atoms with Crippen LogP contribution < -0.4 is 5.32 Å². The standard InChI is InChI=1S/C29H36Cl2N2O4/c1-6-23(26(36)32-17-28(2,3)4)33-25(18-10-12-20(30)13-11-18)22(19-8-7-9-21(31)14-19)15-29(5,27(33)37)16-24(34)35/h7-14,22-23,25H,6,15-17H2,1-5H3,(H,32,36)(H,34,35)/t22?,23-,25+,29+/m0/s1. The average molecular weight is 548 g/mol. The molecule has 0 aromatic heterocycles. The monoisotopic (exact) mass is 546 g/mol. The SMILES string of the molecule is CC[C@@H](C(=O)NCC(C)(C)C)N1C(=O)[C@@](C)(CC(=O)O)CC(c2cccc(Cl)c2)[C@H]1c1ccc(Cl)cc1. The van der Waals surface area contributed by atoms with Gasteiger partial charge >= 0.3 is 5.97 Å². The highest BCUT2D eigenvalue weighted by molar-refractivity contribution is 6.30. The number of nitrogens with zero attached hydrogens (tertiary/aromatic N) is 1. The lowest BCUT2D eigenvalue weighted by molar-refractivity contribution is -0.163. The van der Waals surface area contributed by atoms with Gasteiger partial charge in [-0.25, -0.2) is 0 Å². The molecule has 0 spiro atoms. The molecule has 0 aliphatic carbocycles. The molecule has 1 aliphatic rings. The Morgan fingerprint density at radius 1 is 1.11 bits per heavy atom. The predicted octanol–water partition coefficient (Wildman–Crippen LogP) is 6.47. The fourth-order valence-electron chi connectivity index (χ4n) is 5.20. The minimum absolute atomic E-state index is 0.142. The van der Waals surface area contributed by atoms with E-state index in [1.165, 1.54) is 0 Å². The molecule has 0 bridgehead atoms. The summed E-state index contributed by atoms with van der Waals surface area (Å²) in [6.45, 7) is 10.1. The summed E-state index contributed by atoms with van der Waals surface area (Å²) in [4.78, 5) is 41.3. The summed E-state index contributed by atoms with van der Waals surface area (Å²) in [6, 6.07) is 13.4. The van der Waals surface area contributed by atoms with Gasteiger partial charge in [-0.2, -0.15) is 0 Å². The number of carbonyl (C=O) groups excluding carboxylic acids is 2. The van der Waals surface area contributed by atoms with Gasteiger partial charge in [-0.1, -0.05) is 82.1 Å². The third-order valence-corrected chi connectivity index (χ3v) is 7.44. The number of hydrogen-bond donors (Lipinski definition) is 2. The third kappa shape index (κ3) is 6.85. The minimum Gasteiger partial charge on any atom is -0.481 e. The van der Waals surface area contributed by atoms with Crippen LogP contribution in [0.2, 0.25) is 10.0 Å². The summed E-state index contributed by atoms with van der Waals surface area (Å²) >= 11 is 12.6. The van der Waals surface area contributed by atoms with E-state index in [2.05, 4.69) is 5.32 Å². The van der Waals surface area contributed by atoms with Crippen LogP contribution in [0.3, 0.4) is 0 Å². The Morgan fingerprint density at radius 2 is 1.76 bits per heavy atom. The van der Waals surface area contributed by atoms with E-state index in [0.717, 1.165) is 11.1 Å². The Hall–Kier alpha value is -2.57. The molecule has 0 radical (unpaired) electrons. The lowest BCUT2D eigenvalue weighted by atomic mass is 9.67. The van der Waals surface area contributed by atoms with E-state index in [0.29, 0.717) is 29.4 Å². The highest BCUT2D eigenvalue weighted by Crippen LogP contribution is 2.52. The summed E-state index contributed by atoms with van der Waals surface area (Å²) in [6.07, 6.45) is 0.326. The Morgan fingerprint density at radius 3 is 2.30 bits per heavy atom. The highest BCUT2D eigenvalue weighted by Gasteiger charge is 2.53. The number of carboxylic acids is 1. The maximum atomic E-state index is 14.2. The van der Waals surface area contributed by atoms with E-state index < -0.39 is 23.5 Å². The van der Waals surface area contributed by atoms with Crippen LogP contribution in [0, 0.1) is 10.8 Å². The van der Waals surface area contributed by atoms with Gasteiger partial charge in [0, 0.05) is 22.5 Å². The van der Waals surface area contributed by atoms with Crippen molar-refractivity contribution in [3.05, 3.63) is 69.7 Å². The fourth-order valence-corrected chi connectivity index (χ4v) is 5.53. The molecule has 4 atom stereocenters. The third-order valence-electron chi connectivity index (χ3n) is 6.95. The summed E-state index contributed by atoms with van der Waals surface area (Å²) in [5.41, 5.74) is 0.351. The molecule has 0 saturated carbocycles. The second kappa shape index (κ2) is 11.4. The number of nitrogens with one attached hydrogen (secondary N) is 1. The summed E-state index contributed by atoms with van der Waals surface area (Å²) < 4.78 is 0. The van der Waals surface area contributed by atoms with Crippen molar-refractivity contribution >= 4 is 41.0 Å². The van der Waals surface area contributed by atoms with Gasteiger partial charge in [0.1, 0.15) is 6.04 Å². The maximum Gasteiger partial charge on any atom is 0.304 e. The Balaban J connectivity index is 2.21. The zero-order valence-electron chi connectivity index (χ0n) is 22.1. The van der Waals surface area contributed by atoms with Gasteiger partial charge in [0.15, 0.2) is 0 Å². The number of likely N-dealkylation sites (tertiary alicyclic amines) is 1. The lowest BCUT2D eigenvalue weighted by Gasteiger charge is -2.51. The number of amides is 2. The first-order valence-electron chi connectivity index (χ1n) is 12.6. The molecule has 1 fully saturated rings. The van der Waals surface area contributed by atoms with Crippen molar-refractivity contribution in [2.24, 2.45) is 10.8 Å². The van der Waals surface area contributed by atoms with Crippen LogP contribution in [-0.2, 0) is 14.4 Å². The van der Waals surface area contributed by atoms with Gasteiger partial charge in [-0.3, -0.25) is 14.4 Å². The number of halogens is 2. The second-order valence-electron chi connectivity index (χ2n) is 11.4. The highest BCUT2D eigenvalue weighted by atomic mass is 35.5. The molecule has 1 aliphatic heterocycles. The summed E-state index contributed by atoms with van der Waals surface area (Å²) in [7, 11) is 0. The van der Waals surface area contributed by atoms with Crippen molar-refractivity contribution in [1.82, 2.24) is 10.2 Å². The lowest BCUT2D eigenvalue weighted by Crippen LogP contribution is -2.59. The van der Waals surface area contributed by atoms with Gasteiger partial charge in [0.2, 0.25) is 11.8 Å². The Kier molecular flexibility index (Phi) is 8.97. The van der Waals surface area contributed by atoms with E-state index in [1.807, 2.05) is 58.0 Å². The first-order chi connectivity index (χ1) is 17.3. The largest absolute Gasteiger partial charge is 0.481 e. The van der Waals surface area contributed by atoms with Crippen molar-refractivity contribution in [2.75, 3.05) is 6.54 Å². The molecule has 1 saturated heterocycles. The number of hydrogen-bond acceptors (Lipinski definition) is 3. The molecule has 37 heavy (non-hydrogen) atoms. The Bertz CT molecular complexity index is 1150. The topological polar surface area (TPSA) is 86.7 Å². The van der Waals surface area contributed by atoms with E-state index >= 15 is 0 Å². The molecule has 2 aromatic carbocycles. The number of aliphatic carboxylic acids is 1. The van der Waals surface area contributed by atoms with Gasteiger partial charge < -0.3 is 15.3 Å². The minimum atomic E-state index is -1.21. The molecular formula is C29H36Cl2N2O4. The van der Waals surface area contributed by atoms with E-state index in [1.54, 1.807) is 30.0 Å². The van der Waals surface area contributed by atoms with Crippen LogP contribution in [0.5, 0.6) is 0 Å². The van der Waals surface area contributed by atoms with Crippen molar-refractivity contribution in [2.45, 2.75) is 71.9 Å². The predicted molar refractivity (Wildman–Crippen MR) is 147 cm³/mol. The van der Waals surface area contributed by atoms with Gasteiger partial charge in [0.25, 0.3) is 0 Å². The number of carboxylic acid groups (broad SMARTS) is 1. The average Bonchev–Trinajstić information content (AvgIpc) is 2.80. The van der Waals surface area contributed by atoms with Crippen molar-refractivity contribution < 1.29 is 19.5 Å². The van der Waals surface area contributed by atoms with Crippen LogP contribution in [0.15, 0.2) is 48.5 Å². The fraction of sp³-hybridized carbons (Fsp3) is 0.483. The molecule has 200 valence electrons. The first-order valence-corrected chi connectivity index (χ1v) is 13.3. The smallest absolute Gasteiger partial charge is 0.304 e. The Labute approximate surface area is 229 Å². The molecule has 6 nitrogen and oxygen atoms in total. The molecule has 3 rings (SSSR count). The molecule has 8 heteroatoms. The number of benzene rings is 2. The van der Waals surface area contributed by atoms with Crippen molar-refractivity contribution in [3.8, 4) is 0 Å². The first kappa shape index (κ1) is 29.0. The summed E-state index contributed by atoms with van der Waals surface area (Å²) in [5, 5.41) is 13.9. The number of piperidine rings is 1. The zero-order valence-corrected chi connectivity index (χ0v) is 23.6. The van der Waals surface area contributed by atoms with Crippen LogP contribution in [0.1, 0.15) is 77.0 Å². The maximum absolute atomic E-state index is 14.2. The van der Waals surface area contributed by atoms with Crippen LogP contribution in [0.25, 0.3) is 0 Å². The number of rotatable bonds is 8. The van der Waals surface area contributed by atoms with Crippen molar-refractivity contribution in [3.63, 3.8) is 0 Å². The van der Waals surface area contributed by atoms with Gasteiger partial charge in [0.05, 0.1) is 17.9 Å². The second-order valence-corrected chi connectivity index (χ2v) is 12.3. The quantitative estimate of drug-likeness (QED) is 0.397. The van der Waals surface area contributed by atoms with Crippen molar-refractivity contribution in [1.29, 1.82) is 0 Å². The van der Waals surface area contributed by atoms with Crippen LogP contribution in [-0.4, -0.2) is 40.4 Å². The molecule has 1 unspecified atom stereocenters. The van der Waals surface area contributed by atoms with Crippen LogP contribution >= 0.6 is 23.2 Å². The van der Waals surface area contributed by atoms with E-state index in [-0.39, 0.29) is 29.6 Å². The zero-order chi connectivity index (χ0) is 27.5. The van der Waals surface area contributed by atoms with Crippen LogP contribution in [0.4, 0.5) is 0 Å². The summed E-state index contributed by atoms with van der Waals surface area (Å²) in [5.74, 6) is -1.96. The normalized spacial score (nSPS) is 23.0. The van der Waals surface area contributed by atoms with E-state index in [9.17, 15) is 19.5 Å². The molecule has 2 amide bonds. The van der Waals surface area contributed by atoms with Gasteiger partial charge in [-0.05, 0) is 53.6 Å². The molecule has 2 aromatic rings. The molecule has 1 heterocycles. The number of carbonyl (C=O) groups is 3.